The summed E-state index contributed by atoms with van der Waals surface area (Å²) in [6.07, 6.45) is 5.17. The number of hydrogen-bond donors (Lipinski definition) is 1. The molecule has 3 aromatic heterocycles. The number of nitrogens with one attached hydrogen (secondary N) is 1. The van der Waals surface area contributed by atoms with Gasteiger partial charge in [-0.05, 0) is 29.7 Å². The number of aromatic amines is 1. The molecule has 0 unspecified atom stereocenters. The van der Waals surface area contributed by atoms with Crippen molar-refractivity contribution in [1.82, 2.24) is 15.2 Å². The van der Waals surface area contributed by atoms with E-state index in [1.807, 2.05) is 12.1 Å². The molecule has 0 bridgehead atoms. The zero-order chi connectivity index (χ0) is 15.8. The van der Waals surface area contributed by atoms with E-state index in [0.29, 0.717) is 16.1 Å². The Morgan fingerprint density at radius 1 is 1.26 bits per heavy atom. The van der Waals surface area contributed by atoms with Gasteiger partial charge >= 0.3 is 5.97 Å². The molecule has 4 aromatic rings. The molecule has 3 heterocycles. The molecule has 0 aliphatic carbocycles. The van der Waals surface area contributed by atoms with Crippen LogP contribution in [0.15, 0.2) is 42.9 Å². The number of esters is 1. The molecule has 1 aromatic carbocycles. The third-order valence-electron chi connectivity index (χ3n) is 3.46. The zero-order valence-electron chi connectivity index (χ0n) is 11.7. The number of H-pyrrole nitrogens is 1. The van der Waals surface area contributed by atoms with Crippen LogP contribution >= 0.6 is 22.9 Å². The first-order chi connectivity index (χ1) is 11.2. The van der Waals surface area contributed by atoms with Crippen LogP contribution in [0.2, 0.25) is 5.02 Å². The number of aromatic nitrogens is 3. The predicted molar refractivity (Wildman–Crippen MR) is 89.8 cm³/mol. The van der Waals surface area contributed by atoms with Crippen molar-refractivity contribution < 1.29 is 9.53 Å². The number of fused-ring (bicyclic) bond motifs is 2. The van der Waals surface area contributed by atoms with Gasteiger partial charge in [-0.2, -0.15) is 5.10 Å². The van der Waals surface area contributed by atoms with Gasteiger partial charge < -0.3 is 4.74 Å². The summed E-state index contributed by atoms with van der Waals surface area (Å²) in [4.78, 5) is 17.3. The highest BCUT2D eigenvalue weighted by Gasteiger charge is 2.13. The molecule has 114 valence electrons. The maximum atomic E-state index is 12.2. The SMILES string of the molecule is O=C(OCc1cc2ccncc2s1)c1cc(Cl)c2[nH]ncc2c1. The fraction of sp³-hybridized carbons (Fsp3) is 0.0625. The molecule has 7 heteroatoms. The van der Waals surface area contributed by atoms with E-state index < -0.39 is 5.97 Å². The second-order valence-electron chi connectivity index (χ2n) is 4.99. The first kappa shape index (κ1) is 14.2. The van der Waals surface area contributed by atoms with Crippen molar-refractivity contribution >= 4 is 49.9 Å². The lowest BCUT2D eigenvalue weighted by molar-refractivity contribution is 0.0477. The van der Waals surface area contributed by atoms with Crippen LogP contribution < -0.4 is 0 Å². The second kappa shape index (κ2) is 5.64. The molecular weight excluding hydrogens is 334 g/mol. The molecule has 0 atom stereocenters. The van der Waals surface area contributed by atoms with Crippen LogP contribution in [0.1, 0.15) is 15.2 Å². The van der Waals surface area contributed by atoms with Gasteiger partial charge in [0.1, 0.15) is 6.61 Å². The number of hydrogen-bond acceptors (Lipinski definition) is 5. The van der Waals surface area contributed by atoms with Gasteiger partial charge in [0.05, 0.1) is 27.0 Å². The molecule has 4 rings (SSSR count). The first-order valence-electron chi connectivity index (χ1n) is 6.83. The molecule has 23 heavy (non-hydrogen) atoms. The smallest absolute Gasteiger partial charge is 0.338 e. The molecule has 0 amide bonds. The minimum Gasteiger partial charge on any atom is -0.456 e. The van der Waals surface area contributed by atoms with E-state index >= 15 is 0 Å². The van der Waals surface area contributed by atoms with Gasteiger partial charge in [-0.15, -0.1) is 11.3 Å². The highest BCUT2D eigenvalue weighted by atomic mass is 35.5. The second-order valence-corrected chi connectivity index (χ2v) is 6.57. The molecule has 1 N–H and O–H groups in total. The average Bonchev–Trinajstić information content (AvgIpc) is 3.18. The Balaban J connectivity index is 1.54. The number of rotatable bonds is 3. The first-order valence-corrected chi connectivity index (χ1v) is 8.02. The van der Waals surface area contributed by atoms with Gasteiger partial charge in [0.15, 0.2) is 0 Å². The van der Waals surface area contributed by atoms with Gasteiger partial charge in [-0.25, -0.2) is 4.79 Å². The fourth-order valence-electron chi connectivity index (χ4n) is 2.36. The quantitative estimate of drug-likeness (QED) is 0.566. The van der Waals surface area contributed by atoms with Crippen LogP contribution in [0, 0.1) is 0 Å². The zero-order valence-corrected chi connectivity index (χ0v) is 13.3. The summed E-state index contributed by atoms with van der Waals surface area (Å²) in [5, 5.41) is 9.02. The number of benzene rings is 1. The third-order valence-corrected chi connectivity index (χ3v) is 4.81. The molecule has 0 saturated carbocycles. The largest absolute Gasteiger partial charge is 0.456 e. The van der Waals surface area contributed by atoms with E-state index in [1.165, 1.54) is 0 Å². The van der Waals surface area contributed by atoms with Gasteiger partial charge in [0.25, 0.3) is 0 Å². The van der Waals surface area contributed by atoms with Gasteiger partial charge in [-0.3, -0.25) is 10.1 Å². The van der Waals surface area contributed by atoms with Crippen LogP contribution in [0.25, 0.3) is 21.0 Å². The molecular formula is C16H10ClN3O2S. The summed E-state index contributed by atoms with van der Waals surface area (Å²) in [5.74, 6) is -0.411. The van der Waals surface area contributed by atoms with Crippen molar-refractivity contribution in [3.05, 3.63) is 58.3 Å². The van der Waals surface area contributed by atoms with Crippen molar-refractivity contribution in [3.63, 3.8) is 0 Å². The van der Waals surface area contributed by atoms with Crippen LogP contribution in [0.5, 0.6) is 0 Å². The fourth-order valence-corrected chi connectivity index (χ4v) is 3.58. The van der Waals surface area contributed by atoms with Crippen molar-refractivity contribution in [2.24, 2.45) is 0 Å². The molecule has 0 fully saturated rings. The standard InChI is InChI=1S/C16H10ClN3O2S/c17-13-5-10(3-11-6-19-20-15(11)13)16(21)22-8-12-4-9-1-2-18-7-14(9)23-12/h1-7H,8H2,(H,19,20). The van der Waals surface area contributed by atoms with E-state index in [4.69, 9.17) is 16.3 Å². The van der Waals surface area contributed by atoms with E-state index in [2.05, 4.69) is 15.2 Å². The van der Waals surface area contributed by atoms with Crippen molar-refractivity contribution in [3.8, 4) is 0 Å². The van der Waals surface area contributed by atoms with Crippen molar-refractivity contribution in [2.45, 2.75) is 6.61 Å². The van der Waals surface area contributed by atoms with Crippen LogP contribution in [0.3, 0.4) is 0 Å². The van der Waals surface area contributed by atoms with E-state index in [-0.39, 0.29) is 6.61 Å². The normalized spacial score (nSPS) is 11.2. The number of ether oxygens (including phenoxy) is 1. The molecule has 5 nitrogen and oxygen atoms in total. The summed E-state index contributed by atoms with van der Waals surface area (Å²) in [7, 11) is 0. The average molecular weight is 344 g/mol. The maximum absolute atomic E-state index is 12.2. The molecule has 0 aliphatic heterocycles. The summed E-state index contributed by atoms with van der Waals surface area (Å²) in [6.45, 7) is 0.221. The summed E-state index contributed by atoms with van der Waals surface area (Å²) >= 11 is 7.70. The van der Waals surface area contributed by atoms with E-state index in [1.54, 1.807) is 42.1 Å². The predicted octanol–water partition coefficient (Wildman–Crippen LogP) is 4.18. The van der Waals surface area contributed by atoms with E-state index in [0.717, 1.165) is 20.3 Å². The Morgan fingerprint density at radius 3 is 3.04 bits per heavy atom. The van der Waals surface area contributed by atoms with Crippen LogP contribution in [-0.4, -0.2) is 21.2 Å². The molecule has 0 spiro atoms. The highest BCUT2D eigenvalue weighted by molar-refractivity contribution is 7.19. The molecule has 0 radical (unpaired) electrons. The highest BCUT2D eigenvalue weighted by Crippen LogP contribution is 2.26. The Morgan fingerprint density at radius 2 is 2.17 bits per heavy atom. The van der Waals surface area contributed by atoms with Crippen LogP contribution in [-0.2, 0) is 11.3 Å². The van der Waals surface area contributed by atoms with Crippen LogP contribution in [0.4, 0.5) is 0 Å². The number of nitrogens with zero attached hydrogens (tertiary/aromatic N) is 2. The monoisotopic (exact) mass is 343 g/mol. The maximum Gasteiger partial charge on any atom is 0.338 e. The summed E-state index contributed by atoms with van der Waals surface area (Å²) in [5.41, 5.74) is 1.12. The number of halogens is 1. The number of pyridine rings is 1. The Bertz CT molecular complexity index is 991. The lowest BCUT2D eigenvalue weighted by Crippen LogP contribution is -2.04. The Kier molecular flexibility index (Phi) is 3.48. The van der Waals surface area contributed by atoms with Crippen molar-refractivity contribution in [2.75, 3.05) is 0 Å². The third kappa shape index (κ3) is 2.67. The minimum atomic E-state index is -0.411. The van der Waals surface area contributed by atoms with Gasteiger partial charge in [-0.1, -0.05) is 11.6 Å². The van der Waals surface area contributed by atoms with Gasteiger partial charge in [0, 0.05) is 22.7 Å². The lowest BCUT2D eigenvalue weighted by Gasteiger charge is -2.04. The van der Waals surface area contributed by atoms with Gasteiger partial charge in [0.2, 0.25) is 0 Å². The van der Waals surface area contributed by atoms with E-state index in [9.17, 15) is 4.79 Å². The lowest BCUT2D eigenvalue weighted by atomic mass is 10.1. The number of thiophene rings is 1. The summed E-state index contributed by atoms with van der Waals surface area (Å²) < 4.78 is 6.46. The number of carbonyl (C=O) groups excluding carboxylic acids is 1. The Hall–Kier alpha value is -2.44. The Labute approximate surface area is 139 Å². The minimum absolute atomic E-state index is 0.221. The molecule has 0 saturated heterocycles. The summed E-state index contributed by atoms with van der Waals surface area (Å²) in [6, 6.07) is 7.23. The number of carbonyl (C=O) groups is 1. The topological polar surface area (TPSA) is 67.9 Å². The molecule has 0 aliphatic rings. The van der Waals surface area contributed by atoms with Crippen molar-refractivity contribution in [1.29, 1.82) is 0 Å².